The topological polar surface area (TPSA) is 101 Å². The zero-order valence-corrected chi connectivity index (χ0v) is 11.1. The van der Waals surface area contributed by atoms with Crippen LogP contribution in [0, 0.1) is 5.92 Å². The lowest BCUT2D eigenvalue weighted by molar-refractivity contribution is -0.143. The summed E-state index contributed by atoms with van der Waals surface area (Å²) in [6.45, 7) is 3.54. The largest absolute Gasteiger partial charge is 0.480 e. The maximum atomic E-state index is 11.4. The maximum Gasteiger partial charge on any atom is 0.326 e. The quantitative estimate of drug-likeness (QED) is 0.676. The van der Waals surface area contributed by atoms with E-state index in [1.165, 1.54) is 0 Å². The number of carboxylic acid groups (broad SMARTS) is 1. The van der Waals surface area contributed by atoms with Crippen molar-refractivity contribution in [1.29, 1.82) is 0 Å². The molecule has 0 unspecified atom stereocenters. The molecule has 0 aliphatic heterocycles. The molecule has 0 radical (unpaired) electrons. The Bertz CT molecular complexity index is 376. The summed E-state index contributed by atoms with van der Waals surface area (Å²) in [5.41, 5.74) is 0. The highest BCUT2D eigenvalue weighted by atomic mass is 32.2. The molecule has 0 spiro atoms. The van der Waals surface area contributed by atoms with Gasteiger partial charge in [-0.25, -0.2) is 13.2 Å². The molecule has 0 rings (SSSR count). The van der Waals surface area contributed by atoms with E-state index in [1.807, 2.05) is 6.92 Å². The Hall–Kier alpha value is -1.11. The van der Waals surface area contributed by atoms with Crippen molar-refractivity contribution in [3.8, 4) is 0 Å². The van der Waals surface area contributed by atoms with Gasteiger partial charge in [-0.05, 0) is 5.92 Å². The molecule has 0 aromatic carbocycles. The number of nitrogens with one attached hydrogen (secondary N) is 1. The third-order valence-electron chi connectivity index (χ3n) is 2.50. The van der Waals surface area contributed by atoms with Crippen molar-refractivity contribution in [1.82, 2.24) is 5.32 Å². The lowest BCUT2D eigenvalue weighted by Gasteiger charge is -2.19. The molecule has 0 aromatic heterocycles. The number of carboxylic acids is 1. The van der Waals surface area contributed by atoms with Crippen molar-refractivity contribution in [3.05, 3.63) is 0 Å². The summed E-state index contributed by atoms with van der Waals surface area (Å²) in [5.74, 6) is -2.13. The van der Waals surface area contributed by atoms with E-state index in [4.69, 9.17) is 5.11 Å². The highest BCUT2D eigenvalue weighted by molar-refractivity contribution is 7.90. The minimum atomic E-state index is -3.21. The summed E-state index contributed by atoms with van der Waals surface area (Å²) in [6, 6.07) is -0.966. The highest BCUT2D eigenvalue weighted by Crippen LogP contribution is 2.08. The van der Waals surface area contributed by atoms with E-state index < -0.39 is 27.8 Å². The summed E-state index contributed by atoms with van der Waals surface area (Å²) in [4.78, 5) is 22.3. The van der Waals surface area contributed by atoms with Gasteiger partial charge in [-0.1, -0.05) is 20.3 Å². The summed E-state index contributed by atoms with van der Waals surface area (Å²) >= 11 is 0. The van der Waals surface area contributed by atoms with Crippen molar-refractivity contribution in [2.75, 3.05) is 12.0 Å². The minimum Gasteiger partial charge on any atom is -0.480 e. The fraction of sp³-hybridized carbons (Fsp3) is 0.800. The maximum absolute atomic E-state index is 11.4. The first-order valence-electron chi connectivity index (χ1n) is 5.37. The Labute approximate surface area is 101 Å². The van der Waals surface area contributed by atoms with Gasteiger partial charge in [0.1, 0.15) is 15.9 Å². The van der Waals surface area contributed by atoms with E-state index in [-0.39, 0.29) is 18.1 Å². The summed E-state index contributed by atoms with van der Waals surface area (Å²) in [7, 11) is -3.21. The summed E-state index contributed by atoms with van der Waals surface area (Å²) < 4.78 is 21.7. The molecule has 2 atom stereocenters. The average molecular weight is 265 g/mol. The molecule has 0 saturated heterocycles. The van der Waals surface area contributed by atoms with E-state index in [1.54, 1.807) is 6.92 Å². The zero-order valence-electron chi connectivity index (χ0n) is 10.3. The lowest BCUT2D eigenvalue weighted by Crippen LogP contribution is -2.45. The summed E-state index contributed by atoms with van der Waals surface area (Å²) in [6.07, 6.45) is 1.44. The van der Waals surface area contributed by atoms with Gasteiger partial charge in [0.2, 0.25) is 5.91 Å². The molecule has 0 heterocycles. The van der Waals surface area contributed by atoms with Crippen LogP contribution in [0.2, 0.25) is 0 Å². The first-order valence-corrected chi connectivity index (χ1v) is 7.43. The van der Waals surface area contributed by atoms with Crippen LogP contribution in [0.15, 0.2) is 0 Å². The molecule has 0 bridgehead atoms. The molecule has 17 heavy (non-hydrogen) atoms. The summed E-state index contributed by atoms with van der Waals surface area (Å²) in [5, 5.41) is 11.3. The third kappa shape index (κ3) is 6.93. The van der Waals surface area contributed by atoms with Gasteiger partial charge < -0.3 is 10.4 Å². The van der Waals surface area contributed by atoms with E-state index >= 15 is 0 Å². The Balaban J connectivity index is 4.37. The number of carbonyl (C=O) groups is 2. The number of carbonyl (C=O) groups excluding carboxylic acids is 1. The molecular weight excluding hydrogens is 246 g/mol. The predicted molar refractivity (Wildman–Crippen MR) is 63.3 cm³/mol. The number of rotatable bonds is 7. The van der Waals surface area contributed by atoms with E-state index in [0.29, 0.717) is 6.42 Å². The van der Waals surface area contributed by atoms with Gasteiger partial charge in [0.25, 0.3) is 0 Å². The molecule has 0 aromatic rings. The van der Waals surface area contributed by atoms with Gasteiger partial charge in [0.05, 0.1) is 5.75 Å². The van der Waals surface area contributed by atoms with Crippen molar-refractivity contribution in [2.24, 2.45) is 5.92 Å². The molecule has 0 aliphatic carbocycles. The van der Waals surface area contributed by atoms with Crippen molar-refractivity contribution < 1.29 is 23.1 Å². The van der Waals surface area contributed by atoms with Gasteiger partial charge in [-0.3, -0.25) is 4.79 Å². The molecular formula is C10H19NO5S. The molecule has 2 N–H and O–H groups in total. The Morgan fingerprint density at radius 3 is 2.24 bits per heavy atom. The number of sulfone groups is 1. The van der Waals surface area contributed by atoms with Crippen molar-refractivity contribution in [3.63, 3.8) is 0 Å². The molecule has 100 valence electrons. The second-order valence-corrected chi connectivity index (χ2v) is 6.41. The minimum absolute atomic E-state index is 0.199. The number of amides is 1. The number of hydrogen-bond acceptors (Lipinski definition) is 4. The third-order valence-corrected chi connectivity index (χ3v) is 3.44. The zero-order chi connectivity index (χ0) is 13.6. The molecule has 0 saturated carbocycles. The van der Waals surface area contributed by atoms with Crippen LogP contribution in [0.5, 0.6) is 0 Å². The van der Waals surface area contributed by atoms with Gasteiger partial charge in [-0.15, -0.1) is 0 Å². The predicted octanol–water partition coefficient (Wildman–Crippen LogP) is 0.0366. The Kier molecular flexibility index (Phi) is 6.15. The van der Waals surface area contributed by atoms with Gasteiger partial charge in [0, 0.05) is 12.7 Å². The SMILES string of the molecule is CC[C@H](C)[C@H](NC(=O)CCS(C)(=O)=O)C(=O)O. The van der Waals surface area contributed by atoms with Gasteiger partial charge in [-0.2, -0.15) is 0 Å². The number of hydrogen-bond donors (Lipinski definition) is 2. The van der Waals surface area contributed by atoms with Crippen LogP contribution in [0.3, 0.4) is 0 Å². The van der Waals surface area contributed by atoms with Gasteiger partial charge >= 0.3 is 5.97 Å². The van der Waals surface area contributed by atoms with Crippen LogP contribution in [0.1, 0.15) is 26.7 Å². The van der Waals surface area contributed by atoms with Crippen LogP contribution in [0.25, 0.3) is 0 Å². The normalized spacial score (nSPS) is 15.0. The molecule has 7 heteroatoms. The second-order valence-electron chi connectivity index (χ2n) is 4.15. The Morgan fingerprint density at radius 2 is 1.88 bits per heavy atom. The van der Waals surface area contributed by atoms with E-state index in [0.717, 1.165) is 6.26 Å². The lowest BCUT2D eigenvalue weighted by atomic mass is 9.99. The average Bonchev–Trinajstić information content (AvgIpc) is 2.20. The van der Waals surface area contributed by atoms with Crippen LogP contribution >= 0.6 is 0 Å². The highest BCUT2D eigenvalue weighted by Gasteiger charge is 2.25. The second kappa shape index (κ2) is 6.58. The van der Waals surface area contributed by atoms with Crippen LogP contribution in [0.4, 0.5) is 0 Å². The van der Waals surface area contributed by atoms with E-state index in [2.05, 4.69) is 5.32 Å². The monoisotopic (exact) mass is 265 g/mol. The first kappa shape index (κ1) is 15.9. The standard InChI is InChI=1S/C10H19NO5S/c1-4-7(2)9(10(13)14)11-8(12)5-6-17(3,15)16/h7,9H,4-6H2,1-3H3,(H,11,12)(H,13,14)/t7-,9-/m0/s1. The fourth-order valence-corrected chi connectivity index (χ4v) is 1.76. The number of aliphatic carboxylic acids is 1. The van der Waals surface area contributed by atoms with Crippen LogP contribution in [-0.4, -0.2) is 43.5 Å². The molecule has 6 nitrogen and oxygen atoms in total. The first-order chi connectivity index (χ1) is 7.67. The smallest absolute Gasteiger partial charge is 0.326 e. The molecule has 0 fully saturated rings. The van der Waals surface area contributed by atoms with Crippen molar-refractivity contribution >= 4 is 21.7 Å². The Morgan fingerprint density at radius 1 is 1.35 bits per heavy atom. The van der Waals surface area contributed by atoms with Crippen molar-refractivity contribution in [2.45, 2.75) is 32.7 Å². The fourth-order valence-electron chi connectivity index (χ4n) is 1.21. The van der Waals surface area contributed by atoms with E-state index in [9.17, 15) is 18.0 Å². The van der Waals surface area contributed by atoms with Crippen LogP contribution < -0.4 is 5.32 Å². The molecule has 1 amide bonds. The molecule has 0 aliphatic rings. The van der Waals surface area contributed by atoms with Gasteiger partial charge in [0.15, 0.2) is 0 Å². The van der Waals surface area contributed by atoms with Crippen LogP contribution in [-0.2, 0) is 19.4 Å².